The number of rotatable bonds is 5. The Labute approximate surface area is 151 Å². The Balaban J connectivity index is 0.00000225. The minimum Gasteiger partial charge on any atom is -0.349 e. The van der Waals surface area contributed by atoms with Gasteiger partial charge in [0.1, 0.15) is 0 Å². The third kappa shape index (κ3) is 4.15. The largest absolute Gasteiger partial charge is 0.349 e. The lowest BCUT2D eigenvalue weighted by molar-refractivity contribution is -0.384. The molecule has 0 radical (unpaired) electrons. The van der Waals surface area contributed by atoms with Gasteiger partial charge in [0, 0.05) is 24.4 Å². The third-order valence-corrected chi connectivity index (χ3v) is 4.45. The number of halogens is 1. The van der Waals surface area contributed by atoms with Crippen LogP contribution in [0.4, 0.5) is 5.69 Å². The summed E-state index contributed by atoms with van der Waals surface area (Å²) in [6.45, 7) is 0.576. The second-order valence-electron chi connectivity index (χ2n) is 5.95. The number of nitrogens with two attached hydrogens (primary N) is 1. The lowest BCUT2D eigenvalue weighted by atomic mass is 10.0. The number of nitrogens with one attached hydrogen (secondary N) is 1. The van der Waals surface area contributed by atoms with Crippen LogP contribution in [0.3, 0.4) is 0 Å². The molecule has 1 aromatic heterocycles. The molecule has 2 aromatic rings. The van der Waals surface area contributed by atoms with Crippen molar-refractivity contribution in [3.05, 3.63) is 52.3 Å². The van der Waals surface area contributed by atoms with E-state index in [1.807, 2.05) is 0 Å². The fourth-order valence-corrected chi connectivity index (χ4v) is 3.07. The van der Waals surface area contributed by atoms with Crippen molar-refractivity contribution in [3.63, 3.8) is 0 Å². The molecule has 1 saturated carbocycles. The van der Waals surface area contributed by atoms with Crippen molar-refractivity contribution in [2.45, 2.75) is 25.3 Å². The van der Waals surface area contributed by atoms with E-state index < -0.39 is 4.92 Å². The summed E-state index contributed by atoms with van der Waals surface area (Å²) in [6, 6.07) is 6.11. The van der Waals surface area contributed by atoms with E-state index in [2.05, 4.69) is 10.4 Å². The van der Waals surface area contributed by atoms with Crippen molar-refractivity contribution >= 4 is 24.0 Å². The highest BCUT2D eigenvalue weighted by Gasteiger charge is 2.27. The van der Waals surface area contributed by atoms with Gasteiger partial charge in [0.25, 0.3) is 11.6 Å². The first-order chi connectivity index (χ1) is 11.6. The monoisotopic (exact) mass is 365 g/mol. The van der Waals surface area contributed by atoms with Crippen molar-refractivity contribution in [1.82, 2.24) is 15.1 Å². The SMILES string of the molecule is Cl.NCC1CCCC1NC(=O)c1cnn(-c2ccc([N+](=O)[O-])cc2)c1. The fraction of sp³-hybridized carbons (Fsp3) is 0.375. The van der Waals surface area contributed by atoms with Gasteiger partial charge in [0.15, 0.2) is 0 Å². The first-order valence-corrected chi connectivity index (χ1v) is 7.89. The van der Waals surface area contributed by atoms with Gasteiger partial charge in [-0.05, 0) is 37.4 Å². The van der Waals surface area contributed by atoms with Gasteiger partial charge in [0.2, 0.25) is 0 Å². The molecule has 1 aliphatic carbocycles. The molecule has 1 fully saturated rings. The highest BCUT2D eigenvalue weighted by atomic mass is 35.5. The highest BCUT2D eigenvalue weighted by molar-refractivity contribution is 5.94. The maximum Gasteiger partial charge on any atom is 0.269 e. The number of carbonyl (C=O) groups is 1. The van der Waals surface area contributed by atoms with Crippen LogP contribution in [0.2, 0.25) is 0 Å². The Morgan fingerprint density at radius 3 is 2.72 bits per heavy atom. The summed E-state index contributed by atoms with van der Waals surface area (Å²) in [4.78, 5) is 22.6. The molecule has 2 atom stereocenters. The van der Waals surface area contributed by atoms with Crippen LogP contribution in [0, 0.1) is 16.0 Å². The molecule has 0 saturated heterocycles. The van der Waals surface area contributed by atoms with E-state index in [0.29, 0.717) is 23.7 Å². The van der Waals surface area contributed by atoms with Gasteiger partial charge in [-0.2, -0.15) is 5.10 Å². The van der Waals surface area contributed by atoms with E-state index in [1.165, 1.54) is 23.0 Å². The highest BCUT2D eigenvalue weighted by Crippen LogP contribution is 2.25. The predicted octanol–water partition coefficient (Wildman–Crippen LogP) is 2.06. The smallest absolute Gasteiger partial charge is 0.269 e. The van der Waals surface area contributed by atoms with Crippen molar-refractivity contribution in [3.8, 4) is 5.69 Å². The molecule has 3 rings (SSSR count). The van der Waals surface area contributed by atoms with Crippen LogP contribution in [0.1, 0.15) is 29.6 Å². The van der Waals surface area contributed by atoms with Crippen LogP contribution in [0.25, 0.3) is 5.69 Å². The van der Waals surface area contributed by atoms with Gasteiger partial charge in [-0.15, -0.1) is 12.4 Å². The first kappa shape index (κ1) is 18.9. The first-order valence-electron chi connectivity index (χ1n) is 7.89. The number of hydrogen-bond donors (Lipinski definition) is 2. The van der Waals surface area contributed by atoms with Gasteiger partial charge in [0.05, 0.1) is 22.4 Å². The predicted molar refractivity (Wildman–Crippen MR) is 95.1 cm³/mol. The van der Waals surface area contributed by atoms with E-state index in [-0.39, 0.29) is 30.0 Å². The van der Waals surface area contributed by atoms with Crippen LogP contribution >= 0.6 is 12.4 Å². The number of non-ortho nitro benzene ring substituents is 1. The van der Waals surface area contributed by atoms with E-state index in [4.69, 9.17) is 5.73 Å². The molecule has 1 heterocycles. The third-order valence-electron chi connectivity index (χ3n) is 4.45. The van der Waals surface area contributed by atoms with Gasteiger partial charge in [-0.25, -0.2) is 4.68 Å². The van der Waals surface area contributed by atoms with Gasteiger partial charge >= 0.3 is 0 Å². The minimum absolute atomic E-state index is 0. The molecule has 2 unspecified atom stereocenters. The fourth-order valence-electron chi connectivity index (χ4n) is 3.07. The van der Waals surface area contributed by atoms with Crippen molar-refractivity contribution in [2.75, 3.05) is 6.54 Å². The number of nitro benzene ring substituents is 1. The van der Waals surface area contributed by atoms with Crippen LogP contribution < -0.4 is 11.1 Å². The number of nitrogens with zero attached hydrogens (tertiary/aromatic N) is 3. The van der Waals surface area contributed by atoms with Crippen LogP contribution in [-0.4, -0.2) is 33.2 Å². The summed E-state index contributed by atoms with van der Waals surface area (Å²) in [5.74, 6) is 0.159. The second-order valence-corrected chi connectivity index (χ2v) is 5.95. The molecule has 1 amide bonds. The molecule has 9 heteroatoms. The molecular weight excluding hydrogens is 346 g/mol. The van der Waals surface area contributed by atoms with E-state index in [1.54, 1.807) is 18.3 Å². The summed E-state index contributed by atoms with van der Waals surface area (Å²) >= 11 is 0. The van der Waals surface area contributed by atoms with Gasteiger partial charge in [-0.1, -0.05) is 6.42 Å². The average molecular weight is 366 g/mol. The summed E-state index contributed by atoms with van der Waals surface area (Å²) in [5.41, 5.74) is 6.86. The average Bonchev–Trinajstić information content (AvgIpc) is 3.24. The maximum atomic E-state index is 12.4. The van der Waals surface area contributed by atoms with E-state index in [0.717, 1.165) is 19.3 Å². The Kier molecular flexibility index (Phi) is 6.11. The Morgan fingerprint density at radius 2 is 2.08 bits per heavy atom. The van der Waals surface area contributed by atoms with Crippen molar-refractivity contribution < 1.29 is 9.72 Å². The maximum absolute atomic E-state index is 12.4. The lowest BCUT2D eigenvalue weighted by Gasteiger charge is -2.18. The number of hydrogen-bond acceptors (Lipinski definition) is 5. The van der Waals surface area contributed by atoms with Gasteiger partial charge < -0.3 is 11.1 Å². The topological polar surface area (TPSA) is 116 Å². The molecule has 1 aromatic carbocycles. The van der Waals surface area contributed by atoms with Crippen molar-refractivity contribution in [1.29, 1.82) is 0 Å². The Hall–Kier alpha value is -2.45. The van der Waals surface area contributed by atoms with E-state index >= 15 is 0 Å². The Morgan fingerprint density at radius 1 is 1.36 bits per heavy atom. The Bertz CT molecular complexity index is 746. The molecule has 0 aliphatic heterocycles. The van der Waals surface area contributed by atoms with E-state index in [9.17, 15) is 14.9 Å². The van der Waals surface area contributed by atoms with Gasteiger partial charge in [-0.3, -0.25) is 14.9 Å². The van der Waals surface area contributed by atoms with Crippen LogP contribution in [0.15, 0.2) is 36.7 Å². The minimum atomic E-state index is -0.457. The number of benzene rings is 1. The quantitative estimate of drug-likeness (QED) is 0.621. The van der Waals surface area contributed by atoms with Crippen LogP contribution in [-0.2, 0) is 0 Å². The molecule has 25 heavy (non-hydrogen) atoms. The number of nitro groups is 1. The van der Waals surface area contributed by atoms with Crippen molar-refractivity contribution in [2.24, 2.45) is 11.7 Å². The summed E-state index contributed by atoms with van der Waals surface area (Å²) in [7, 11) is 0. The molecule has 134 valence electrons. The molecule has 8 nitrogen and oxygen atoms in total. The number of carbonyl (C=O) groups excluding carboxylic acids is 1. The summed E-state index contributed by atoms with van der Waals surface area (Å²) in [5, 5.41) is 17.9. The molecule has 0 spiro atoms. The zero-order chi connectivity index (χ0) is 17.1. The zero-order valence-corrected chi connectivity index (χ0v) is 14.3. The second kappa shape index (κ2) is 8.09. The number of aromatic nitrogens is 2. The normalized spacial score (nSPS) is 19.2. The summed E-state index contributed by atoms with van der Waals surface area (Å²) < 4.78 is 1.52. The standard InChI is InChI=1S/C16H19N5O3.ClH/c17-8-11-2-1-3-15(11)19-16(22)12-9-18-20(10-12)13-4-6-14(7-5-13)21(23)24;/h4-7,9-11,15H,1-3,8,17H2,(H,19,22);1H. The lowest BCUT2D eigenvalue weighted by Crippen LogP contribution is -2.39. The molecule has 3 N–H and O–H groups in total. The zero-order valence-electron chi connectivity index (χ0n) is 13.5. The molecular formula is C16H20ClN5O3. The molecule has 1 aliphatic rings. The molecule has 0 bridgehead atoms. The van der Waals surface area contributed by atoms with Crippen LogP contribution in [0.5, 0.6) is 0 Å². The number of amides is 1. The summed E-state index contributed by atoms with van der Waals surface area (Å²) in [6.07, 6.45) is 6.18.